The van der Waals surface area contributed by atoms with Crippen molar-refractivity contribution in [3.63, 3.8) is 0 Å². The van der Waals surface area contributed by atoms with Crippen molar-refractivity contribution < 1.29 is 0 Å². The molecule has 8 aromatic rings. The first-order valence-corrected chi connectivity index (χ1v) is 12.8. The van der Waals surface area contributed by atoms with Crippen molar-refractivity contribution in [1.82, 2.24) is 19.2 Å². The van der Waals surface area contributed by atoms with E-state index in [1.54, 1.807) is 0 Å². The Kier molecular flexibility index (Phi) is 4.49. The number of fused-ring (bicyclic) bond motifs is 6. The van der Waals surface area contributed by atoms with Gasteiger partial charge in [-0.2, -0.15) is 0 Å². The summed E-state index contributed by atoms with van der Waals surface area (Å²) in [6, 6.07) is 44.8. The molecule has 4 heteroatoms. The largest absolute Gasteiger partial charge is 0.309 e. The molecule has 0 aliphatic carbocycles. The predicted molar refractivity (Wildman–Crippen MR) is 156 cm³/mol. The van der Waals surface area contributed by atoms with E-state index in [0.717, 1.165) is 44.6 Å². The van der Waals surface area contributed by atoms with E-state index in [1.807, 2.05) is 6.07 Å². The summed E-state index contributed by atoms with van der Waals surface area (Å²) in [5.41, 5.74) is 7.69. The molecule has 4 nitrogen and oxygen atoms in total. The molecule has 3 aromatic heterocycles. The first-order valence-electron chi connectivity index (χ1n) is 12.8. The molecule has 0 saturated carbocycles. The van der Waals surface area contributed by atoms with Gasteiger partial charge in [0.05, 0.1) is 16.7 Å². The van der Waals surface area contributed by atoms with E-state index in [2.05, 4.69) is 142 Å². The molecule has 0 spiro atoms. The van der Waals surface area contributed by atoms with Crippen LogP contribution in [0.5, 0.6) is 0 Å². The van der Waals surface area contributed by atoms with Crippen molar-refractivity contribution in [1.29, 1.82) is 0 Å². The molecule has 0 unspecified atom stereocenters. The zero-order valence-corrected chi connectivity index (χ0v) is 20.5. The number of benzene rings is 5. The monoisotopic (exact) mass is 486 g/mol. The van der Waals surface area contributed by atoms with Crippen LogP contribution in [0.4, 0.5) is 0 Å². The minimum atomic E-state index is 0.832. The van der Waals surface area contributed by atoms with Crippen molar-refractivity contribution in [3.05, 3.63) is 134 Å². The van der Waals surface area contributed by atoms with Gasteiger partial charge in [0.25, 0.3) is 0 Å². The molecular formula is C34H22N4. The third kappa shape index (κ3) is 2.98. The van der Waals surface area contributed by atoms with Gasteiger partial charge in [-0.3, -0.25) is 4.40 Å². The Morgan fingerprint density at radius 3 is 1.79 bits per heavy atom. The third-order valence-electron chi connectivity index (χ3n) is 7.48. The highest BCUT2D eigenvalue weighted by Gasteiger charge is 2.19. The Bertz CT molecular complexity index is 2090. The maximum Gasteiger partial charge on any atom is 0.168 e. The number of nitrogens with zero attached hydrogens (tertiary/aromatic N) is 4. The maximum atomic E-state index is 4.70. The van der Waals surface area contributed by atoms with E-state index in [0.29, 0.717) is 0 Å². The van der Waals surface area contributed by atoms with Gasteiger partial charge in [0, 0.05) is 33.5 Å². The van der Waals surface area contributed by atoms with Crippen LogP contribution in [0.1, 0.15) is 0 Å². The highest BCUT2D eigenvalue weighted by molar-refractivity contribution is 6.10. The van der Waals surface area contributed by atoms with Crippen molar-refractivity contribution in [2.45, 2.75) is 0 Å². The standard InChI is InChI=1S/C34H22N4/c1-2-12-24-23(11-1)21-22-37-33(24)35-36-34(37)29-17-4-3-13-25(29)26-14-5-8-18-30(26)38-31-19-9-6-15-27(31)28-16-7-10-20-32(28)38/h1-22H. The molecule has 0 radical (unpaired) electrons. The highest BCUT2D eigenvalue weighted by atomic mass is 15.2. The molecule has 8 rings (SSSR count). The van der Waals surface area contributed by atoms with Crippen LogP contribution >= 0.6 is 0 Å². The minimum Gasteiger partial charge on any atom is -0.309 e. The number of hydrogen-bond acceptors (Lipinski definition) is 2. The van der Waals surface area contributed by atoms with Gasteiger partial charge in [-0.15, -0.1) is 10.2 Å². The minimum absolute atomic E-state index is 0.832. The molecule has 0 saturated heterocycles. The van der Waals surface area contributed by atoms with Gasteiger partial charge in [0.1, 0.15) is 0 Å². The van der Waals surface area contributed by atoms with Gasteiger partial charge in [-0.05, 0) is 35.2 Å². The summed E-state index contributed by atoms with van der Waals surface area (Å²) in [7, 11) is 0. The lowest BCUT2D eigenvalue weighted by atomic mass is 9.97. The number of aromatic nitrogens is 4. The Morgan fingerprint density at radius 2 is 1.03 bits per heavy atom. The van der Waals surface area contributed by atoms with Crippen LogP contribution in [0.2, 0.25) is 0 Å². The molecule has 0 aliphatic rings. The van der Waals surface area contributed by atoms with Gasteiger partial charge in [-0.1, -0.05) is 103 Å². The summed E-state index contributed by atoms with van der Waals surface area (Å²) in [5.74, 6) is 0.832. The van der Waals surface area contributed by atoms with Crippen molar-refractivity contribution in [2.24, 2.45) is 0 Å². The van der Waals surface area contributed by atoms with Gasteiger partial charge in [0.2, 0.25) is 0 Å². The van der Waals surface area contributed by atoms with Crippen LogP contribution < -0.4 is 0 Å². The summed E-state index contributed by atoms with van der Waals surface area (Å²) in [4.78, 5) is 0. The van der Waals surface area contributed by atoms with Crippen LogP contribution in [0.25, 0.3) is 66.4 Å². The fourth-order valence-electron chi connectivity index (χ4n) is 5.79. The summed E-state index contributed by atoms with van der Waals surface area (Å²) in [6.07, 6.45) is 2.07. The predicted octanol–water partition coefficient (Wildman–Crippen LogP) is 8.31. The number of hydrogen-bond donors (Lipinski definition) is 0. The van der Waals surface area contributed by atoms with Gasteiger partial charge in [-0.25, -0.2) is 0 Å². The smallest absolute Gasteiger partial charge is 0.168 e. The SMILES string of the molecule is c1ccc(-c2nnc3c4ccccc4ccn23)c(-c2ccccc2-n2c3ccccc3c3ccccc32)c1. The topological polar surface area (TPSA) is 35.1 Å². The maximum absolute atomic E-state index is 4.70. The number of pyridine rings is 1. The first kappa shape index (κ1) is 20.9. The summed E-state index contributed by atoms with van der Waals surface area (Å²) in [6.45, 7) is 0. The van der Waals surface area contributed by atoms with Crippen LogP contribution in [0, 0.1) is 0 Å². The highest BCUT2D eigenvalue weighted by Crippen LogP contribution is 2.39. The van der Waals surface area contributed by atoms with Crippen LogP contribution in [-0.4, -0.2) is 19.2 Å². The van der Waals surface area contributed by atoms with E-state index < -0.39 is 0 Å². The number of para-hydroxylation sites is 3. The summed E-state index contributed by atoms with van der Waals surface area (Å²) in [5, 5.41) is 14.1. The molecule has 0 atom stereocenters. The Balaban J connectivity index is 1.41. The Morgan fingerprint density at radius 1 is 0.447 bits per heavy atom. The molecule has 0 bridgehead atoms. The number of rotatable bonds is 3. The molecule has 38 heavy (non-hydrogen) atoms. The van der Waals surface area contributed by atoms with E-state index in [9.17, 15) is 0 Å². The second kappa shape index (κ2) is 8.15. The zero-order valence-electron chi connectivity index (χ0n) is 20.5. The fourth-order valence-corrected chi connectivity index (χ4v) is 5.79. The van der Waals surface area contributed by atoms with Crippen LogP contribution in [0.3, 0.4) is 0 Å². The van der Waals surface area contributed by atoms with Crippen molar-refractivity contribution in [2.75, 3.05) is 0 Å². The van der Waals surface area contributed by atoms with E-state index in [1.165, 1.54) is 21.8 Å². The molecule has 0 fully saturated rings. The van der Waals surface area contributed by atoms with Crippen LogP contribution in [0.15, 0.2) is 134 Å². The molecule has 5 aromatic carbocycles. The average molecular weight is 487 g/mol. The lowest BCUT2D eigenvalue weighted by molar-refractivity contribution is 1.11. The van der Waals surface area contributed by atoms with Gasteiger partial charge in [0.15, 0.2) is 11.5 Å². The summed E-state index contributed by atoms with van der Waals surface area (Å²) < 4.78 is 4.48. The van der Waals surface area contributed by atoms with Gasteiger partial charge < -0.3 is 4.57 Å². The van der Waals surface area contributed by atoms with E-state index in [-0.39, 0.29) is 0 Å². The summed E-state index contributed by atoms with van der Waals surface area (Å²) >= 11 is 0. The molecule has 0 aliphatic heterocycles. The Hall–Kier alpha value is -5.22. The lowest BCUT2D eigenvalue weighted by Crippen LogP contribution is -1.99. The fraction of sp³-hybridized carbons (Fsp3) is 0. The molecular weight excluding hydrogens is 464 g/mol. The second-order valence-electron chi connectivity index (χ2n) is 9.55. The molecule has 178 valence electrons. The van der Waals surface area contributed by atoms with Crippen molar-refractivity contribution >= 4 is 38.2 Å². The molecule has 0 N–H and O–H groups in total. The lowest BCUT2D eigenvalue weighted by Gasteiger charge is -2.16. The van der Waals surface area contributed by atoms with E-state index in [4.69, 9.17) is 5.10 Å². The third-order valence-corrected chi connectivity index (χ3v) is 7.48. The normalized spacial score (nSPS) is 11.7. The average Bonchev–Trinajstić information content (AvgIpc) is 3.57. The van der Waals surface area contributed by atoms with Gasteiger partial charge >= 0.3 is 0 Å². The zero-order chi connectivity index (χ0) is 25.1. The quantitative estimate of drug-likeness (QED) is 0.252. The first-order chi connectivity index (χ1) is 18.9. The second-order valence-corrected chi connectivity index (χ2v) is 9.55. The Labute approximate surface area is 219 Å². The van der Waals surface area contributed by atoms with Crippen LogP contribution in [-0.2, 0) is 0 Å². The molecule has 0 amide bonds. The molecule has 3 heterocycles. The van der Waals surface area contributed by atoms with Crippen molar-refractivity contribution in [3.8, 4) is 28.2 Å². The van der Waals surface area contributed by atoms with E-state index >= 15 is 0 Å².